The molecule has 4 heteroatoms. The second kappa shape index (κ2) is 4.46. The molecular weight excluding hydrogens is 260 g/mol. The van der Waals surface area contributed by atoms with Crippen molar-refractivity contribution >= 4 is 23.3 Å². The van der Waals surface area contributed by atoms with Crippen LogP contribution in [-0.2, 0) is 4.74 Å². The molecule has 100 valence electrons. The number of ether oxygens (including phenoxy) is 1. The van der Waals surface area contributed by atoms with Gasteiger partial charge in [-0.3, -0.25) is 9.59 Å². The van der Waals surface area contributed by atoms with Gasteiger partial charge in [-0.15, -0.1) is 11.8 Å². The summed E-state index contributed by atoms with van der Waals surface area (Å²) in [6.07, 6.45) is 1.55. The van der Waals surface area contributed by atoms with Crippen molar-refractivity contribution in [1.29, 1.82) is 0 Å². The first-order valence-electron chi connectivity index (χ1n) is 6.61. The van der Waals surface area contributed by atoms with Crippen molar-refractivity contribution < 1.29 is 14.3 Å². The molecule has 1 saturated heterocycles. The number of hydrogen-bond acceptors (Lipinski definition) is 4. The molecule has 3 nitrogen and oxygen atoms in total. The standard InChI is InChI=1S/C15H16O3S/c1-3-4-7-19-15-13(17)10-6-5-9(2)8-11(10)12(16)14(15)18-15/h5-6,8,14H,3-4,7H2,1-2H3. The van der Waals surface area contributed by atoms with Crippen molar-refractivity contribution in [2.24, 2.45) is 0 Å². The summed E-state index contributed by atoms with van der Waals surface area (Å²) in [5.74, 6) is 0.781. The zero-order valence-electron chi connectivity index (χ0n) is 11.1. The van der Waals surface area contributed by atoms with E-state index in [1.165, 1.54) is 11.8 Å². The van der Waals surface area contributed by atoms with Gasteiger partial charge in [0.15, 0.2) is 11.9 Å². The summed E-state index contributed by atoms with van der Waals surface area (Å²) in [6.45, 7) is 4.03. The average Bonchev–Trinajstić information content (AvgIpc) is 3.13. The number of unbranched alkanes of at least 4 members (excludes halogenated alkanes) is 1. The van der Waals surface area contributed by atoms with Crippen LogP contribution >= 0.6 is 11.8 Å². The molecular formula is C15H16O3S. The van der Waals surface area contributed by atoms with E-state index in [4.69, 9.17) is 4.74 Å². The van der Waals surface area contributed by atoms with Crippen LogP contribution in [0.15, 0.2) is 18.2 Å². The van der Waals surface area contributed by atoms with Crippen molar-refractivity contribution in [3.05, 3.63) is 34.9 Å². The van der Waals surface area contributed by atoms with Gasteiger partial charge < -0.3 is 4.74 Å². The minimum Gasteiger partial charge on any atom is -0.337 e. The van der Waals surface area contributed by atoms with Gasteiger partial charge in [-0.05, 0) is 25.2 Å². The second-order valence-corrected chi connectivity index (χ2v) is 6.41. The predicted molar refractivity (Wildman–Crippen MR) is 74.8 cm³/mol. The molecule has 1 aromatic carbocycles. The number of fused-ring (bicyclic) bond motifs is 2. The Labute approximate surface area is 116 Å². The van der Waals surface area contributed by atoms with Crippen LogP contribution < -0.4 is 0 Å². The number of carbonyl (C=O) groups excluding carboxylic acids is 2. The van der Waals surface area contributed by atoms with Crippen LogP contribution in [0, 0.1) is 6.92 Å². The SMILES string of the molecule is CCCCSC12OC1C(=O)c1cc(C)ccc1C2=O. The van der Waals surface area contributed by atoms with Crippen molar-refractivity contribution in [2.75, 3.05) is 5.75 Å². The molecule has 0 aromatic heterocycles. The molecule has 2 atom stereocenters. The monoisotopic (exact) mass is 276 g/mol. The van der Waals surface area contributed by atoms with Crippen LogP contribution in [0.1, 0.15) is 46.0 Å². The quantitative estimate of drug-likeness (QED) is 0.626. The van der Waals surface area contributed by atoms with Gasteiger partial charge in [0, 0.05) is 11.1 Å². The van der Waals surface area contributed by atoms with Crippen molar-refractivity contribution in [2.45, 2.75) is 37.7 Å². The Hall–Kier alpha value is -1.13. The Morgan fingerprint density at radius 1 is 1.32 bits per heavy atom. The summed E-state index contributed by atoms with van der Waals surface area (Å²) < 4.78 is 5.52. The van der Waals surface area contributed by atoms with E-state index in [-0.39, 0.29) is 11.6 Å². The predicted octanol–water partition coefficient (Wildman–Crippen LogP) is 3.00. The number of Topliss-reactive ketones (excluding diaryl/α,β-unsaturated/α-hetero) is 2. The molecule has 1 aliphatic heterocycles. The highest BCUT2D eigenvalue weighted by Gasteiger charge is 2.69. The van der Waals surface area contributed by atoms with Crippen molar-refractivity contribution in [3.8, 4) is 0 Å². The van der Waals surface area contributed by atoms with Gasteiger partial charge in [0.2, 0.25) is 10.7 Å². The number of benzene rings is 1. The van der Waals surface area contributed by atoms with E-state index < -0.39 is 11.0 Å². The third-order valence-corrected chi connectivity index (χ3v) is 5.05. The van der Waals surface area contributed by atoms with Crippen LogP contribution in [0.4, 0.5) is 0 Å². The molecule has 19 heavy (non-hydrogen) atoms. The van der Waals surface area contributed by atoms with Crippen LogP contribution in [-0.4, -0.2) is 28.4 Å². The summed E-state index contributed by atoms with van der Waals surface area (Å²) in [5.41, 5.74) is 2.04. The van der Waals surface area contributed by atoms with Crippen molar-refractivity contribution in [1.82, 2.24) is 0 Å². The molecule has 1 heterocycles. The lowest BCUT2D eigenvalue weighted by Crippen LogP contribution is -2.34. The van der Waals surface area contributed by atoms with Crippen LogP contribution in [0.5, 0.6) is 0 Å². The number of carbonyl (C=O) groups is 2. The van der Waals surface area contributed by atoms with Gasteiger partial charge >= 0.3 is 0 Å². The normalized spacial score (nSPS) is 28.0. The van der Waals surface area contributed by atoms with Crippen LogP contribution in [0.3, 0.4) is 0 Å². The van der Waals surface area contributed by atoms with E-state index >= 15 is 0 Å². The fourth-order valence-electron chi connectivity index (χ4n) is 2.47. The fourth-order valence-corrected chi connectivity index (χ4v) is 3.87. The maximum absolute atomic E-state index is 12.5. The molecule has 0 N–H and O–H groups in total. The first kappa shape index (κ1) is 12.9. The Morgan fingerprint density at radius 2 is 2.11 bits per heavy atom. The van der Waals surface area contributed by atoms with E-state index in [0.717, 1.165) is 24.2 Å². The number of thioether (sulfide) groups is 1. The lowest BCUT2D eigenvalue weighted by Gasteiger charge is -2.18. The summed E-state index contributed by atoms with van der Waals surface area (Å²) in [7, 11) is 0. The summed E-state index contributed by atoms with van der Waals surface area (Å²) in [6, 6.07) is 5.42. The fraction of sp³-hybridized carbons (Fsp3) is 0.467. The zero-order valence-corrected chi connectivity index (χ0v) is 11.9. The van der Waals surface area contributed by atoms with Gasteiger partial charge in [0.05, 0.1) is 0 Å². The molecule has 0 saturated carbocycles. The molecule has 0 amide bonds. The van der Waals surface area contributed by atoms with Gasteiger partial charge in [-0.2, -0.15) is 0 Å². The van der Waals surface area contributed by atoms with Crippen LogP contribution in [0.25, 0.3) is 0 Å². The van der Waals surface area contributed by atoms with Gasteiger partial charge in [0.25, 0.3) is 0 Å². The molecule has 0 radical (unpaired) electrons. The molecule has 0 bridgehead atoms. The Balaban J connectivity index is 1.93. The lowest BCUT2D eigenvalue weighted by molar-refractivity contribution is 0.0911. The third kappa shape index (κ3) is 1.85. The lowest BCUT2D eigenvalue weighted by atomic mass is 9.88. The third-order valence-electron chi connectivity index (χ3n) is 3.64. The van der Waals surface area contributed by atoms with E-state index in [9.17, 15) is 9.59 Å². The van der Waals surface area contributed by atoms with E-state index in [1.807, 2.05) is 13.0 Å². The molecule has 1 aromatic rings. The Bertz CT molecular complexity index is 567. The average molecular weight is 276 g/mol. The second-order valence-electron chi connectivity index (χ2n) is 5.11. The minimum absolute atomic E-state index is 0.0341. The molecule has 0 spiro atoms. The Morgan fingerprint density at radius 3 is 2.84 bits per heavy atom. The molecule has 3 rings (SSSR count). The number of epoxide rings is 1. The molecule has 1 aliphatic carbocycles. The highest BCUT2D eigenvalue weighted by atomic mass is 32.2. The largest absolute Gasteiger partial charge is 0.337 e. The first-order chi connectivity index (χ1) is 9.10. The highest BCUT2D eigenvalue weighted by molar-refractivity contribution is 8.01. The molecule has 2 aliphatic rings. The number of hydrogen-bond donors (Lipinski definition) is 0. The molecule has 1 fully saturated rings. The van der Waals surface area contributed by atoms with E-state index in [1.54, 1.807) is 12.1 Å². The highest BCUT2D eigenvalue weighted by Crippen LogP contribution is 2.53. The van der Waals surface area contributed by atoms with Gasteiger partial charge in [-0.1, -0.05) is 31.0 Å². The smallest absolute Gasteiger partial charge is 0.211 e. The number of ketones is 2. The summed E-state index contributed by atoms with van der Waals surface area (Å²) >= 11 is 1.49. The minimum atomic E-state index is -0.908. The maximum Gasteiger partial charge on any atom is 0.211 e. The Kier molecular flexibility index (Phi) is 3.02. The first-order valence-corrected chi connectivity index (χ1v) is 7.60. The molecule has 2 unspecified atom stereocenters. The topological polar surface area (TPSA) is 46.7 Å². The number of aryl methyl sites for hydroxylation is 1. The maximum atomic E-state index is 12.5. The summed E-state index contributed by atoms with van der Waals surface area (Å²) in [5, 5.41) is 0. The van der Waals surface area contributed by atoms with Crippen LogP contribution in [0.2, 0.25) is 0 Å². The van der Waals surface area contributed by atoms with Gasteiger partial charge in [0.1, 0.15) is 0 Å². The summed E-state index contributed by atoms with van der Waals surface area (Å²) in [4.78, 5) is 23.9. The zero-order chi connectivity index (χ0) is 13.6. The van der Waals surface area contributed by atoms with E-state index in [2.05, 4.69) is 6.92 Å². The number of rotatable bonds is 4. The van der Waals surface area contributed by atoms with E-state index in [0.29, 0.717) is 11.1 Å². The van der Waals surface area contributed by atoms with Gasteiger partial charge in [-0.25, -0.2) is 0 Å². The van der Waals surface area contributed by atoms with Crippen molar-refractivity contribution in [3.63, 3.8) is 0 Å².